The van der Waals surface area contributed by atoms with Crippen LogP contribution in [-0.2, 0) is 12.5 Å². The molecule has 3 nitrogen and oxygen atoms in total. The topological polar surface area (TPSA) is 38.1 Å². The second-order valence-electron chi connectivity index (χ2n) is 5.21. The molecule has 3 rings (SSSR count). The van der Waals surface area contributed by atoms with Gasteiger partial charge in [-0.05, 0) is 37.5 Å². The minimum absolute atomic E-state index is 0.0135. The van der Waals surface area contributed by atoms with E-state index in [-0.39, 0.29) is 12.0 Å². The summed E-state index contributed by atoms with van der Waals surface area (Å²) in [6.07, 6.45) is 3.42. The predicted molar refractivity (Wildman–Crippen MR) is 68.1 cm³/mol. The molecule has 2 aromatic rings. The molecule has 90 valence electrons. The zero-order chi connectivity index (χ0) is 12.0. The van der Waals surface area contributed by atoms with E-state index in [4.69, 9.17) is 0 Å². The molecular formula is C14H18N2O. The number of aliphatic hydroxyl groups excluding tert-OH is 1. The van der Waals surface area contributed by atoms with Crippen LogP contribution in [-0.4, -0.2) is 21.3 Å². The molecule has 17 heavy (non-hydrogen) atoms. The van der Waals surface area contributed by atoms with Gasteiger partial charge >= 0.3 is 0 Å². The molecule has 1 aromatic heterocycles. The number of rotatable bonds is 2. The van der Waals surface area contributed by atoms with Crippen LogP contribution in [0.2, 0.25) is 0 Å². The lowest BCUT2D eigenvalue weighted by molar-refractivity contribution is 0.120. The summed E-state index contributed by atoms with van der Waals surface area (Å²) in [5.41, 5.74) is 3.47. The van der Waals surface area contributed by atoms with Crippen LogP contribution < -0.4 is 0 Å². The van der Waals surface area contributed by atoms with Crippen LogP contribution in [0, 0.1) is 6.92 Å². The summed E-state index contributed by atoms with van der Waals surface area (Å²) in [5, 5.41) is 9.60. The fourth-order valence-electron chi connectivity index (χ4n) is 2.79. The Bertz CT molecular complexity index is 561. The van der Waals surface area contributed by atoms with E-state index < -0.39 is 0 Å². The van der Waals surface area contributed by atoms with Crippen molar-refractivity contribution < 1.29 is 5.11 Å². The largest absolute Gasteiger partial charge is 0.395 e. The highest BCUT2D eigenvalue weighted by atomic mass is 16.3. The Kier molecular flexibility index (Phi) is 2.26. The number of imidazole rings is 1. The minimum atomic E-state index is 0.0135. The summed E-state index contributed by atoms with van der Waals surface area (Å²) in [5.74, 6) is 1.03. The number of hydrogen-bond acceptors (Lipinski definition) is 2. The first kappa shape index (κ1) is 10.8. The van der Waals surface area contributed by atoms with Crippen LogP contribution in [0.1, 0.15) is 30.7 Å². The molecule has 0 amide bonds. The van der Waals surface area contributed by atoms with Gasteiger partial charge in [0, 0.05) is 12.5 Å². The summed E-state index contributed by atoms with van der Waals surface area (Å²) in [6, 6.07) is 6.43. The smallest absolute Gasteiger partial charge is 0.106 e. The molecule has 1 fully saturated rings. The Balaban J connectivity index is 2.13. The van der Waals surface area contributed by atoms with Gasteiger partial charge in [0.15, 0.2) is 0 Å². The lowest BCUT2D eigenvalue weighted by Gasteiger charge is -2.40. The molecule has 3 heteroatoms. The summed E-state index contributed by atoms with van der Waals surface area (Å²) < 4.78 is 2.10. The SMILES string of the molecule is Cc1nc2cc(C3(CO)CCC3)ccc2n1C. The fourth-order valence-corrected chi connectivity index (χ4v) is 2.79. The molecule has 1 aliphatic carbocycles. The lowest BCUT2D eigenvalue weighted by atomic mass is 9.65. The number of fused-ring (bicyclic) bond motifs is 1. The van der Waals surface area contributed by atoms with E-state index in [0.717, 1.165) is 24.2 Å². The van der Waals surface area contributed by atoms with Crippen molar-refractivity contribution in [3.63, 3.8) is 0 Å². The molecule has 0 saturated heterocycles. The van der Waals surface area contributed by atoms with Gasteiger partial charge in [-0.1, -0.05) is 12.5 Å². The second-order valence-corrected chi connectivity index (χ2v) is 5.21. The molecule has 1 aromatic carbocycles. The van der Waals surface area contributed by atoms with Crippen LogP contribution >= 0.6 is 0 Å². The Morgan fingerprint density at radius 2 is 2.18 bits per heavy atom. The zero-order valence-electron chi connectivity index (χ0n) is 10.4. The minimum Gasteiger partial charge on any atom is -0.395 e. The lowest BCUT2D eigenvalue weighted by Crippen LogP contribution is -2.37. The van der Waals surface area contributed by atoms with E-state index in [2.05, 4.69) is 27.8 Å². The molecule has 0 radical (unpaired) electrons. The van der Waals surface area contributed by atoms with Gasteiger partial charge in [-0.25, -0.2) is 4.98 Å². The van der Waals surface area contributed by atoms with Crippen molar-refractivity contribution in [1.82, 2.24) is 9.55 Å². The summed E-state index contributed by atoms with van der Waals surface area (Å²) in [7, 11) is 2.04. The molecular weight excluding hydrogens is 212 g/mol. The van der Waals surface area contributed by atoms with E-state index in [1.807, 2.05) is 14.0 Å². The standard InChI is InChI=1S/C14H18N2O/c1-10-15-12-8-11(4-5-13(12)16(10)2)14(9-17)6-3-7-14/h4-5,8,17H,3,6-7,9H2,1-2H3. The zero-order valence-corrected chi connectivity index (χ0v) is 10.4. The van der Waals surface area contributed by atoms with E-state index in [0.29, 0.717) is 0 Å². The second kappa shape index (κ2) is 3.57. The van der Waals surface area contributed by atoms with Crippen molar-refractivity contribution in [3.05, 3.63) is 29.6 Å². The van der Waals surface area contributed by atoms with Gasteiger partial charge in [0.2, 0.25) is 0 Å². The third-order valence-electron chi connectivity index (χ3n) is 4.33. The summed E-state index contributed by atoms with van der Waals surface area (Å²) in [4.78, 5) is 4.56. The number of aromatic nitrogens is 2. The number of aliphatic hydroxyl groups is 1. The van der Waals surface area contributed by atoms with Crippen molar-refractivity contribution in [2.45, 2.75) is 31.6 Å². The highest BCUT2D eigenvalue weighted by Gasteiger charge is 2.38. The Hall–Kier alpha value is -1.35. The van der Waals surface area contributed by atoms with Crippen molar-refractivity contribution in [3.8, 4) is 0 Å². The maximum absolute atomic E-state index is 9.60. The van der Waals surface area contributed by atoms with Crippen LogP contribution in [0.15, 0.2) is 18.2 Å². The molecule has 1 N–H and O–H groups in total. The fraction of sp³-hybridized carbons (Fsp3) is 0.500. The number of aryl methyl sites for hydroxylation is 2. The monoisotopic (exact) mass is 230 g/mol. The Morgan fingerprint density at radius 3 is 2.76 bits per heavy atom. The van der Waals surface area contributed by atoms with Gasteiger partial charge in [-0.15, -0.1) is 0 Å². The number of nitrogens with zero attached hydrogens (tertiary/aromatic N) is 2. The Labute approximate surface area is 101 Å². The average Bonchev–Trinajstić information content (AvgIpc) is 2.54. The van der Waals surface area contributed by atoms with Crippen molar-refractivity contribution in [2.24, 2.45) is 7.05 Å². The third kappa shape index (κ3) is 1.42. The third-order valence-corrected chi connectivity index (χ3v) is 4.33. The predicted octanol–water partition coefficient (Wildman–Crippen LogP) is 2.30. The van der Waals surface area contributed by atoms with Crippen molar-refractivity contribution >= 4 is 11.0 Å². The van der Waals surface area contributed by atoms with Gasteiger partial charge in [0.05, 0.1) is 17.6 Å². The van der Waals surface area contributed by atoms with Crippen molar-refractivity contribution in [1.29, 1.82) is 0 Å². The van der Waals surface area contributed by atoms with Crippen LogP contribution in [0.4, 0.5) is 0 Å². The molecule has 0 unspecified atom stereocenters. The van der Waals surface area contributed by atoms with Gasteiger partial charge in [0.1, 0.15) is 5.82 Å². The summed E-state index contributed by atoms with van der Waals surface area (Å²) in [6.45, 7) is 2.27. The highest BCUT2D eigenvalue weighted by molar-refractivity contribution is 5.77. The van der Waals surface area contributed by atoms with E-state index in [9.17, 15) is 5.11 Å². The van der Waals surface area contributed by atoms with E-state index in [1.165, 1.54) is 17.5 Å². The first-order valence-electron chi connectivity index (χ1n) is 6.21. The van der Waals surface area contributed by atoms with Crippen LogP contribution in [0.3, 0.4) is 0 Å². The highest BCUT2D eigenvalue weighted by Crippen LogP contribution is 2.43. The molecule has 1 heterocycles. The van der Waals surface area contributed by atoms with Gasteiger partial charge in [0.25, 0.3) is 0 Å². The number of hydrogen-bond donors (Lipinski definition) is 1. The molecule has 0 aliphatic heterocycles. The van der Waals surface area contributed by atoms with Crippen molar-refractivity contribution in [2.75, 3.05) is 6.61 Å². The first-order valence-corrected chi connectivity index (χ1v) is 6.21. The average molecular weight is 230 g/mol. The van der Waals surface area contributed by atoms with Crippen LogP contribution in [0.5, 0.6) is 0 Å². The number of benzene rings is 1. The first-order chi connectivity index (χ1) is 8.16. The van der Waals surface area contributed by atoms with Gasteiger partial charge < -0.3 is 9.67 Å². The van der Waals surface area contributed by atoms with Gasteiger partial charge in [-0.3, -0.25) is 0 Å². The summed E-state index contributed by atoms with van der Waals surface area (Å²) >= 11 is 0. The molecule has 0 atom stereocenters. The maximum Gasteiger partial charge on any atom is 0.106 e. The molecule has 0 bridgehead atoms. The quantitative estimate of drug-likeness (QED) is 0.859. The van der Waals surface area contributed by atoms with Gasteiger partial charge in [-0.2, -0.15) is 0 Å². The molecule has 1 saturated carbocycles. The maximum atomic E-state index is 9.60. The Morgan fingerprint density at radius 1 is 1.41 bits per heavy atom. The molecule has 1 aliphatic rings. The molecule has 0 spiro atoms. The van der Waals surface area contributed by atoms with Crippen LogP contribution in [0.25, 0.3) is 11.0 Å². The van der Waals surface area contributed by atoms with E-state index >= 15 is 0 Å². The normalized spacial score (nSPS) is 18.3. The van der Waals surface area contributed by atoms with E-state index in [1.54, 1.807) is 0 Å².